The molecule has 0 atom stereocenters. The number of halogens is 1. The Morgan fingerprint density at radius 3 is 2.55 bits per heavy atom. The van der Waals surface area contributed by atoms with Crippen molar-refractivity contribution in [2.75, 3.05) is 0 Å². The number of ketones is 1. The number of hydrogen-bond acceptors (Lipinski definition) is 3. The van der Waals surface area contributed by atoms with E-state index in [1.54, 1.807) is 29.2 Å². The molecule has 0 N–H and O–H groups in total. The zero-order chi connectivity index (χ0) is 13.9. The largest absolute Gasteiger partial charge is 0.285 e. The first-order chi connectivity index (χ1) is 9.77. The molecule has 0 saturated carbocycles. The van der Waals surface area contributed by atoms with Crippen LogP contribution in [0.2, 0.25) is 0 Å². The molecule has 0 fully saturated rings. The molecule has 4 nitrogen and oxygen atoms in total. The first kappa shape index (κ1) is 12.7. The highest BCUT2D eigenvalue weighted by atomic mass is 79.9. The Labute approximate surface area is 124 Å². The number of carbonyl (C=O) groups is 1. The second-order valence-electron chi connectivity index (χ2n) is 4.12. The van der Waals surface area contributed by atoms with Gasteiger partial charge < -0.3 is 0 Å². The van der Waals surface area contributed by atoms with Crippen LogP contribution in [0.4, 0.5) is 0 Å². The van der Waals surface area contributed by atoms with Gasteiger partial charge in [-0.1, -0.05) is 34.1 Å². The van der Waals surface area contributed by atoms with Gasteiger partial charge in [0, 0.05) is 28.6 Å². The third-order valence-electron chi connectivity index (χ3n) is 2.86. The van der Waals surface area contributed by atoms with Crippen LogP contribution in [0.15, 0.2) is 65.5 Å². The van der Waals surface area contributed by atoms with Gasteiger partial charge in [0.25, 0.3) is 0 Å². The average Bonchev–Trinajstić information content (AvgIpc) is 2.97. The van der Waals surface area contributed by atoms with E-state index in [1.165, 1.54) is 0 Å². The molecule has 2 heterocycles. The summed E-state index contributed by atoms with van der Waals surface area (Å²) in [7, 11) is 0. The Kier molecular flexibility index (Phi) is 3.43. The molecule has 0 aliphatic heterocycles. The number of aromatic nitrogens is 3. The van der Waals surface area contributed by atoms with E-state index in [1.807, 2.05) is 36.4 Å². The lowest BCUT2D eigenvalue weighted by Crippen LogP contribution is -2.11. The number of pyridine rings is 1. The first-order valence-corrected chi connectivity index (χ1v) is 6.80. The molecule has 0 amide bonds. The van der Waals surface area contributed by atoms with Crippen molar-refractivity contribution < 1.29 is 4.79 Å². The number of hydrogen-bond donors (Lipinski definition) is 0. The average molecular weight is 328 g/mol. The summed E-state index contributed by atoms with van der Waals surface area (Å²) in [6, 6.07) is 12.8. The summed E-state index contributed by atoms with van der Waals surface area (Å²) < 4.78 is 2.43. The van der Waals surface area contributed by atoms with Gasteiger partial charge in [0.15, 0.2) is 5.82 Å². The van der Waals surface area contributed by atoms with Crippen LogP contribution in [0.25, 0.3) is 5.82 Å². The van der Waals surface area contributed by atoms with E-state index >= 15 is 0 Å². The van der Waals surface area contributed by atoms with Gasteiger partial charge in [0.05, 0.1) is 0 Å². The standard InChI is InChI=1S/C15H10BrN3O/c16-12-6-2-1-5-11(12)14(20)15-18-9-10-19(15)13-7-3-4-8-17-13/h1-10H. The normalized spacial score (nSPS) is 10.4. The summed E-state index contributed by atoms with van der Waals surface area (Å²) >= 11 is 3.39. The minimum Gasteiger partial charge on any atom is -0.285 e. The van der Waals surface area contributed by atoms with Gasteiger partial charge in [-0.3, -0.25) is 9.36 Å². The Hall–Kier alpha value is -2.27. The Morgan fingerprint density at radius 2 is 1.80 bits per heavy atom. The maximum absolute atomic E-state index is 12.6. The molecule has 20 heavy (non-hydrogen) atoms. The SMILES string of the molecule is O=C(c1ccccc1Br)c1nccn1-c1ccccn1. The number of imidazole rings is 1. The van der Waals surface area contributed by atoms with E-state index < -0.39 is 0 Å². The van der Waals surface area contributed by atoms with Gasteiger partial charge in [-0.15, -0.1) is 0 Å². The summed E-state index contributed by atoms with van der Waals surface area (Å²) in [6.45, 7) is 0. The van der Waals surface area contributed by atoms with Gasteiger partial charge in [-0.25, -0.2) is 9.97 Å². The molecule has 0 aliphatic carbocycles. The topological polar surface area (TPSA) is 47.8 Å². The first-order valence-electron chi connectivity index (χ1n) is 6.01. The molecular weight excluding hydrogens is 318 g/mol. The fraction of sp³-hybridized carbons (Fsp3) is 0. The molecule has 0 saturated heterocycles. The highest BCUT2D eigenvalue weighted by Crippen LogP contribution is 2.20. The van der Waals surface area contributed by atoms with E-state index in [2.05, 4.69) is 25.9 Å². The Balaban J connectivity index is 2.07. The van der Waals surface area contributed by atoms with E-state index in [4.69, 9.17) is 0 Å². The van der Waals surface area contributed by atoms with E-state index in [0.717, 1.165) is 4.47 Å². The molecule has 0 aliphatic rings. The minimum atomic E-state index is -0.145. The van der Waals surface area contributed by atoms with Crippen LogP contribution in [0.5, 0.6) is 0 Å². The van der Waals surface area contributed by atoms with Gasteiger partial charge >= 0.3 is 0 Å². The Morgan fingerprint density at radius 1 is 1.00 bits per heavy atom. The maximum Gasteiger partial charge on any atom is 0.229 e. The van der Waals surface area contributed by atoms with Crippen molar-refractivity contribution in [3.05, 3.63) is 76.9 Å². The van der Waals surface area contributed by atoms with Gasteiger partial charge in [0.2, 0.25) is 5.78 Å². The molecule has 3 aromatic rings. The molecule has 0 spiro atoms. The Bertz CT molecular complexity index is 753. The number of nitrogens with zero attached hydrogens (tertiary/aromatic N) is 3. The van der Waals surface area contributed by atoms with Crippen LogP contribution < -0.4 is 0 Å². The molecular formula is C15H10BrN3O. The third-order valence-corrected chi connectivity index (χ3v) is 3.55. The lowest BCUT2D eigenvalue weighted by atomic mass is 10.1. The van der Waals surface area contributed by atoms with Crippen molar-refractivity contribution in [1.29, 1.82) is 0 Å². The van der Waals surface area contributed by atoms with Crippen molar-refractivity contribution in [2.24, 2.45) is 0 Å². The van der Waals surface area contributed by atoms with Crippen LogP contribution in [-0.2, 0) is 0 Å². The fourth-order valence-corrected chi connectivity index (χ4v) is 2.38. The highest BCUT2D eigenvalue weighted by Gasteiger charge is 2.18. The molecule has 1 aromatic carbocycles. The zero-order valence-electron chi connectivity index (χ0n) is 10.4. The van der Waals surface area contributed by atoms with Crippen LogP contribution >= 0.6 is 15.9 Å². The summed E-state index contributed by atoms with van der Waals surface area (Å²) in [6.07, 6.45) is 5.01. The molecule has 2 aromatic heterocycles. The predicted molar refractivity (Wildman–Crippen MR) is 78.9 cm³/mol. The lowest BCUT2D eigenvalue weighted by Gasteiger charge is -2.07. The smallest absolute Gasteiger partial charge is 0.229 e. The van der Waals surface area contributed by atoms with Crippen LogP contribution in [0.1, 0.15) is 16.2 Å². The second kappa shape index (κ2) is 5.38. The molecule has 5 heteroatoms. The third kappa shape index (κ3) is 2.28. The minimum absolute atomic E-state index is 0.145. The van der Waals surface area contributed by atoms with Crippen LogP contribution in [0.3, 0.4) is 0 Å². The summed E-state index contributed by atoms with van der Waals surface area (Å²) in [5.74, 6) is 0.865. The molecule has 98 valence electrons. The summed E-state index contributed by atoms with van der Waals surface area (Å²) in [4.78, 5) is 21.0. The van der Waals surface area contributed by atoms with Gasteiger partial charge in [-0.2, -0.15) is 0 Å². The van der Waals surface area contributed by atoms with Crippen molar-refractivity contribution in [3.8, 4) is 5.82 Å². The van der Waals surface area contributed by atoms with Gasteiger partial charge in [-0.05, 0) is 24.3 Å². The fourth-order valence-electron chi connectivity index (χ4n) is 1.92. The second-order valence-corrected chi connectivity index (χ2v) is 4.97. The monoisotopic (exact) mass is 327 g/mol. The van der Waals surface area contributed by atoms with Gasteiger partial charge in [0.1, 0.15) is 5.82 Å². The number of rotatable bonds is 3. The molecule has 3 rings (SSSR count). The highest BCUT2D eigenvalue weighted by molar-refractivity contribution is 9.10. The predicted octanol–water partition coefficient (Wildman–Crippen LogP) is 3.26. The quantitative estimate of drug-likeness (QED) is 0.694. The molecule has 0 radical (unpaired) electrons. The van der Waals surface area contributed by atoms with E-state index in [9.17, 15) is 4.79 Å². The van der Waals surface area contributed by atoms with E-state index in [0.29, 0.717) is 17.2 Å². The lowest BCUT2D eigenvalue weighted by molar-refractivity contribution is 0.102. The molecule has 0 bridgehead atoms. The van der Waals surface area contributed by atoms with Crippen molar-refractivity contribution in [2.45, 2.75) is 0 Å². The van der Waals surface area contributed by atoms with Crippen molar-refractivity contribution in [3.63, 3.8) is 0 Å². The maximum atomic E-state index is 12.6. The zero-order valence-corrected chi connectivity index (χ0v) is 12.0. The van der Waals surface area contributed by atoms with Crippen molar-refractivity contribution in [1.82, 2.24) is 14.5 Å². The number of carbonyl (C=O) groups excluding carboxylic acids is 1. The summed E-state index contributed by atoms with van der Waals surface area (Å²) in [5.41, 5.74) is 0.580. The van der Waals surface area contributed by atoms with Crippen LogP contribution in [-0.4, -0.2) is 20.3 Å². The van der Waals surface area contributed by atoms with Crippen LogP contribution in [0, 0.1) is 0 Å². The number of benzene rings is 1. The van der Waals surface area contributed by atoms with E-state index in [-0.39, 0.29) is 5.78 Å². The van der Waals surface area contributed by atoms with Crippen molar-refractivity contribution >= 4 is 21.7 Å². The molecule has 0 unspecified atom stereocenters. The summed E-state index contributed by atoms with van der Waals surface area (Å²) in [5, 5.41) is 0.